The van der Waals surface area contributed by atoms with Crippen molar-refractivity contribution in [3.8, 4) is 0 Å². The summed E-state index contributed by atoms with van der Waals surface area (Å²) in [5, 5.41) is 7.84. The highest BCUT2D eigenvalue weighted by Crippen LogP contribution is 1.85. The molecule has 0 aromatic carbocycles. The number of hydrogen-bond acceptors (Lipinski definition) is 5. The van der Waals surface area contributed by atoms with E-state index in [-0.39, 0.29) is 5.91 Å². The summed E-state index contributed by atoms with van der Waals surface area (Å²) in [6.45, 7) is 7.02. The molecule has 1 unspecified atom stereocenters. The molecule has 0 bridgehead atoms. The molecule has 0 aliphatic rings. The summed E-state index contributed by atoms with van der Waals surface area (Å²) >= 11 is 0. The van der Waals surface area contributed by atoms with Gasteiger partial charge in [-0.2, -0.15) is 0 Å². The van der Waals surface area contributed by atoms with E-state index in [1.165, 1.54) is 0 Å². The molecule has 7 nitrogen and oxygen atoms in total. The third-order valence-electron chi connectivity index (χ3n) is 2.59. The molecule has 3 N–H and O–H groups in total. The van der Waals surface area contributed by atoms with Crippen molar-refractivity contribution in [1.29, 1.82) is 0 Å². The second-order valence-corrected chi connectivity index (χ2v) is 4.32. The zero-order chi connectivity index (χ0) is 14.7. The molecule has 0 radical (unpaired) electrons. The van der Waals surface area contributed by atoms with Gasteiger partial charge in [-0.1, -0.05) is 0 Å². The van der Waals surface area contributed by atoms with E-state index < -0.39 is 12.1 Å². The number of methoxy groups -OCH3 is 1. The number of imide groups is 1. The van der Waals surface area contributed by atoms with Gasteiger partial charge < -0.3 is 20.3 Å². The SMILES string of the molecule is CCNC(=O)NC(=O)C(C)NCCN(C)CCOC. The Morgan fingerprint density at radius 2 is 2.00 bits per heavy atom. The first-order chi connectivity index (χ1) is 9.01. The fourth-order valence-corrected chi connectivity index (χ4v) is 1.35. The summed E-state index contributed by atoms with van der Waals surface area (Å²) in [5.74, 6) is -0.328. The molecule has 0 aliphatic carbocycles. The molecule has 0 saturated heterocycles. The number of ether oxygens (including phenoxy) is 1. The number of hydrogen-bond donors (Lipinski definition) is 3. The van der Waals surface area contributed by atoms with Crippen LogP contribution in [0.2, 0.25) is 0 Å². The first-order valence-corrected chi connectivity index (χ1v) is 6.50. The second-order valence-electron chi connectivity index (χ2n) is 4.32. The van der Waals surface area contributed by atoms with Crippen LogP contribution >= 0.6 is 0 Å². The molecular formula is C12H26N4O3. The lowest BCUT2D eigenvalue weighted by molar-refractivity contribution is -0.121. The average Bonchev–Trinajstić information content (AvgIpc) is 2.36. The lowest BCUT2D eigenvalue weighted by Crippen LogP contribution is -2.49. The van der Waals surface area contributed by atoms with Gasteiger partial charge in [0.05, 0.1) is 12.6 Å². The molecular weight excluding hydrogens is 248 g/mol. The Kier molecular flexibility index (Phi) is 10.1. The standard InChI is InChI=1S/C12H26N4O3/c1-5-13-12(18)15-11(17)10(2)14-6-7-16(3)8-9-19-4/h10,14H,5-9H2,1-4H3,(H2,13,15,17,18). The van der Waals surface area contributed by atoms with Crippen LogP contribution < -0.4 is 16.0 Å². The summed E-state index contributed by atoms with van der Waals surface area (Å²) in [4.78, 5) is 24.9. The van der Waals surface area contributed by atoms with Crippen LogP contribution in [0.25, 0.3) is 0 Å². The summed E-state index contributed by atoms with van der Waals surface area (Å²) in [6, 6.07) is -0.864. The predicted octanol–water partition coefficient (Wildman–Crippen LogP) is -0.612. The second kappa shape index (κ2) is 10.7. The zero-order valence-corrected chi connectivity index (χ0v) is 12.3. The number of urea groups is 1. The number of nitrogens with one attached hydrogen (secondary N) is 3. The molecule has 7 heteroatoms. The van der Waals surface area contributed by atoms with Crippen molar-refractivity contribution >= 4 is 11.9 Å². The molecule has 3 amide bonds. The Balaban J connectivity index is 3.75. The minimum absolute atomic E-state index is 0.328. The van der Waals surface area contributed by atoms with Crippen LogP contribution in [0.4, 0.5) is 4.79 Å². The summed E-state index contributed by atoms with van der Waals surface area (Å²) in [7, 11) is 3.65. The van der Waals surface area contributed by atoms with E-state index in [9.17, 15) is 9.59 Å². The van der Waals surface area contributed by atoms with Crippen LogP contribution in [0.15, 0.2) is 0 Å². The average molecular weight is 274 g/mol. The topological polar surface area (TPSA) is 82.7 Å². The Morgan fingerprint density at radius 1 is 1.32 bits per heavy atom. The molecule has 112 valence electrons. The minimum atomic E-state index is -0.460. The Hall–Kier alpha value is -1.18. The zero-order valence-electron chi connectivity index (χ0n) is 12.3. The van der Waals surface area contributed by atoms with E-state index >= 15 is 0 Å². The predicted molar refractivity (Wildman–Crippen MR) is 74.1 cm³/mol. The van der Waals surface area contributed by atoms with Gasteiger partial charge in [-0.15, -0.1) is 0 Å². The van der Waals surface area contributed by atoms with Crippen LogP contribution in [-0.2, 0) is 9.53 Å². The molecule has 0 fully saturated rings. The van der Waals surface area contributed by atoms with Gasteiger partial charge in [-0.25, -0.2) is 4.79 Å². The monoisotopic (exact) mass is 274 g/mol. The number of carbonyl (C=O) groups is 2. The molecule has 0 rings (SSSR count). The van der Waals surface area contributed by atoms with Crippen molar-refractivity contribution in [1.82, 2.24) is 20.9 Å². The van der Waals surface area contributed by atoms with E-state index in [2.05, 4.69) is 20.9 Å². The van der Waals surface area contributed by atoms with E-state index in [4.69, 9.17) is 4.74 Å². The maximum atomic E-state index is 11.6. The maximum Gasteiger partial charge on any atom is 0.321 e. The molecule has 19 heavy (non-hydrogen) atoms. The van der Waals surface area contributed by atoms with Gasteiger partial charge in [0, 0.05) is 33.3 Å². The van der Waals surface area contributed by atoms with Gasteiger partial charge in [-0.3, -0.25) is 10.1 Å². The number of carbonyl (C=O) groups excluding carboxylic acids is 2. The van der Waals surface area contributed by atoms with Crippen LogP contribution in [0.1, 0.15) is 13.8 Å². The smallest absolute Gasteiger partial charge is 0.321 e. The number of nitrogens with zero attached hydrogens (tertiary/aromatic N) is 1. The maximum absolute atomic E-state index is 11.6. The van der Waals surface area contributed by atoms with E-state index in [0.29, 0.717) is 19.7 Å². The third-order valence-corrected chi connectivity index (χ3v) is 2.59. The van der Waals surface area contributed by atoms with Gasteiger partial charge in [0.25, 0.3) is 0 Å². The van der Waals surface area contributed by atoms with Crippen molar-refractivity contribution in [2.24, 2.45) is 0 Å². The van der Waals surface area contributed by atoms with Gasteiger partial charge in [0.15, 0.2) is 0 Å². The van der Waals surface area contributed by atoms with Crippen molar-refractivity contribution in [3.63, 3.8) is 0 Å². The quantitative estimate of drug-likeness (QED) is 0.522. The lowest BCUT2D eigenvalue weighted by atomic mass is 10.3. The summed E-state index contributed by atoms with van der Waals surface area (Å²) < 4.78 is 4.97. The van der Waals surface area contributed by atoms with E-state index in [0.717, 1.165) is 13.1 Å². The van der Waals surface area contributed by atoms with Gasteiger partial charge in [0.2, 0.25) is 5.91 Å². The lowest BCUT2D eigenvalue weighted by Gasteiger charge is -2.18. The highest BCUT2D eigenvalue weighted by molar-refractivity contribution is 5.96. The van der Waals surface area contributed by atoms with Crippen molar-refractivity contribution in [2.75, 3.05) is 46.9 Å². The largest absolute Gasteiger partial charge is 0.383 e. The Labute approximate surface area is 115 Å². The first kappa shape index (κ1) is 17.8. The molecule has 1 atom stereocenters. The number of amides is 3. The van der Waals surface area contributed by atoms with Crippen LogP contribution in [0.5, 0.6) is 0 Å². The van der Waals surface area contributed by atoms with Crippen molar-refractivity contribution in [2.45, 2.75) is 19.9 Å². The molecule has 0 aliphatic heterocycles. The molecule has 0 spiro atoms. The fourth-order valence-electron chi connectivity index (χ4n) is 1.35. The highest BCUT2D eigenvalue weighted by Gasteiger charge is 2.14. The normalized spacial score (nSPS) is 12.3. The number of rotatable bonds is 9. The summed E-state index contributed by atoms with van der Waals surface area (Å²) in [6.07, 6.45) is 0. The van der Waals surface area contributed by atoms with Crippen LogP contribution in [0, 0.1) is 0 Å². The molecule has 0 saturated carbocycles. The van der Waals surface area contributed by atoms with Crippen LogP contribution in [0.3, 0.4) is 0 Å². The Morgan fingerprint density at radius 3 is 2.58 bits per heavy atom. The third kappa shape index (κ3) is 9.40. The molecule has 0 aromatic heterocycles. The molecule has 0 aromatic rings. The minimum Gasteiger partial charge on any atom is -0.383 e. The van der Waals surface area contributed by atoms with Gasteiger partial charge in [-0.05, 0) is 20.9 Å². The Bertz CT molecular complexity index is 274. The van der Waals surface area contributed by atoms with E-state index in [1.807, 2.05) is 7.05 Å². The number of likely N-dealkylation sites (N-methyl/N-ethyl adjacent to an activating group) is 1. The summed E-state index contributed by atoms with van der Waals surface area (Å²) in [5.41, 5.74) is 0. The van der Waals surface area contributed by atoms with Crippen molar-refractivity contribution < 1.29 is 14.3 Å². The fraction of sp³-hybridized carbons (Fsp3) is 0.833. The molecule has 0 heterocycles. The first-order valence-electron chi connectivity index (χ1n) is 6.50. The van der Waals surface area contributed by atoms with Crippen molar-refractivity contribution in [3.05, 3.63) is 0 Å². The van der Waals surface area contributed by atoms with E-state index in [1.54, 1.807) is 21.0 Å². The highest BCUT2D eigenvalue weighted by atomic mass is 16.5. The van der Waals surface area contributed by atoms with Gasteiger partial charge >= 0.3 is 6.03 Å². The van der Waals surface area contributed by atoms with Gasteiger partial charge in [0.1, 0.15) is 0 Å². The van der Waals surface area contributed by atoms with Crippen LogP contribution in [-0.4, -0.2) is 69.8 Å².